The number of nitrogens with zero attached hydrogens (tertiary/aromatic N) is 1. The van der Waals surface area contributed by atoms with Crippen LogP contribution in [-0.2, 0) is 4.79 Å². The molecule has 1 amide bonds. The standard InChI is InChI=1S/C12H13FN2O/c1-2-8-5-12(16)15(7-8)11-6-9(13)3-4-10(11)14/h2-4,6,8H,1,5,7,14H2. The molecule has 3 nitrogen and oxygen atoms in total. The first-order chi connectivity index (χ1) is 7.61. The Labute approximate surface area is 93.4 Å². The average Bonchev–Trinajstić information content (AvgIpc) is 2.63. The first-order valence-electron chi connectivity index (χ1n) is 5.09. The van der Waals surface area contributed by atoms with E-state index in [1.54, 1.807) is 6.08 Å². The highest BCUT2D eigenvalue weighted by Gasteiger charge is 2.29. The molecular weight excluding hydrogens is 207 g/mol. The molecule has 0 radical (unpaired) electrons. The van der Waals surface area contributed by atoms with Gasteiger partial charge in [-0.2, -0.15) is 0 Å². The van der Waals surface area contributed by atoms with Crippen molar-refractivity contribution in [1.82, 2.24) is 0 Å². The number of halogens is 1. The van der Waals surface area contributed by atoms with Crippen molar-refractivity contribution in [1.29, 1.82) is 0 Å². The van der Waals surface area contributed by atoms with Crippen LogP contribution in [0, 0.1) is 11.7 Å². The molecule has 84 valence electrons. The van der Waals surface area contributed by atoms with E-state index in [2.05, 4.69) is 6.58 Å². The van der Waals surface area contributed by atoms with E-state index in [4.69, 9.17) is 5.73 Å². The fraction of sp³-hybridized carbons (Fsp3) is 0.250. The van der Waals surface area contributed by atoms with Crippen molar-refractivity contribution in [2.24, 2.45) is 5.92 Å². The molecule has 1 aliphatic heterocycles. The van der Waals surface area contributed by atoms with Crippen LogP contribution < -0.4 is 10.6 Å². The number of carbonyl (C=O) groups excluding carboxylic acids is 1. The predicted octanol–water partition coefficient (Wildman–Crippen LogP) is 1.95. The van der Waals surface area contributed by atoms with E-state index in [1.807, 2.05) is 0 Å². The molecule has 1 unspecified atom stereocenters. The van der Waals surface area contributed by atoms with Crippen molar-refractivity contribution in [3.8, 4) is 0 Å². The number of hydrogen-bond acceptors (Lipinski definition) is 2. The zero-order chi connectivity index (χ0) is 11.7. The molecule has 0 saturated carbocycles. The number of nitrogen functional groups attached to an aromatic ring is 1. The third kappa shape index (κ3) is 1.78. The normalized spacial score (nSPS) is 20.2. The van der Waals surface area contributed by atoms with Crippen LogP contribution in [0.3, 0.4) is 0 Å². The maximum Gasteiger partial charge on any atom is 0.227 e. The second-order valence-electron chi connectivity index (χ2n) is 3.91. The summed E-state index contributed by atoms with van der Waals surface area (Å²) in [5.74, 6) is -0.309. The van der Waals surface area contributed by atoms with Crippen molar-refractivity contribution < 1.29 is 9.18 Å². The SMILES string of the molecule is C=CC1CC(=O)N(c2cc(F)ccc2N)C1. The summed E-state index contributed by atoms with van der Waals surface area (Å²) in [6, 6.07) is 4.04. The zero-order valence-electron chi connectivity index (χ0n) is 8.82. The van der Waals surface area contributed by atoms with Crippen LogP contribution in [0.15, 0.2) is 30.9 Å². The third-order valence-electron chi connectivity index (χ3n) is 2.77. The van der Waals surface area contributed by atoms with Gasteiger partial charge in [-0.3, -0.25) is 4.79 Å². The molecule has 1 fully saturated rings. The van der Waals surface area contributed by atoms with E-state index in [0.717, 1.165) is 0 Å². The van der Waals surface area contributed by atoms with Gasteiger partial charge in [0.15, 0.2) is 0 Å². The molecule has 0 bridgehead atoms. The Morgan fingerprint density at radius 2 is 2.31 bits per heavy atom. The van der Waals surface area contributed by atoms with Crippen LogP contribution >= 0.6 is 0 Å². The lowest BCUT2D eigenvalue weighted by Crippen LogP contribution is -2.25. The summed E-state index contributed by atoms with van der Waals surface area (Å²) in [4.78, 5) is 13.2. The Kier molecular flexibility index (Phi) is 2.64. The first-order valence-corrected chi connectivity index (χ1v) is 5.09. The van der Waals surface area contributed by atoms with Crippen molar-refractivity contribution in [3.63, 3.8) is 0 Å². The van der Waals surface area contributed by atoms with E-state index < -0.39 is 0 Å². The lowest BCUT2D eigenvalue weighted by molar-refractivity contribution is -0.117. The molecule has 1 heterocycles. The molecule has 1 atom stereocenters. The number of nitrogens with two attached hydrogens (primary N) is 1. The van der Waals surface area contributed by atoms with Crippen LogP contribution in [0.5, 0.6) is 0 Å². The largest absolute Gasteiger partial charge is 0.397 e. The first kappa shape index (κ1) is 10.7. The van der Waals surface area contributed by atoms with Gasteiger partial charge >= 0.3 is 0 Å². The third-order valence-corrected chi connectivity index (χ3v) is 2.77. The number of anilines is 2. The molecule has 16 heavy (non-hydrogen) atoms. The fourth-order valence-corrected chi connectivity index (χ4v) is 1.88. The van der Waals surface area contributed by atoms with E-state index in [-0.39, 0.29) is 17.6 Å². The Hall–Kier alpha value is -1.84. The smallest absolute Gasteiger partial charge is 0.227 e. The van der Waals surface area contributed by atoms with E-state index in [9.17, 15) is 9.18 Å². The quantitative estimate of drug-likeness (QED) is 0.611. The van der Waals surface area contributed by atoms with Gasteiger partial charge in [0.1, 0.15) is 5.82 Å². The highest BCUT2D eigenvalue weighted by atomic mass is 19.1. The molecule has 1 aromatic rings. The van der Waals surface area contributed by atoms with E-state index in [1.165, 1.54) is 23.1 Å². The average molecular weight is 220 g/mol. The molecule has 0 aliphatic carbocycles. The Balaban J connectivity index is 2.34. The molecular formula is C12H13FN2O. The Morgan fingerprint density at radius 1 is 1.56 bits per heavy atom. The van der Waals surface area contributed by atoms with Crippen molar-refractivity contribution in [2.45, 2.75) is 6.42 Å². The molecule has 4 heteroatoms. The minimum atomic E-state index is -0.390. The summed E-state index contributed by atoms with van der Waals surface area (Å²) < 4.78 is 13.1. The van der Waals surface area contributed by atoms with Gasteiger partial charge in [0.2, 0.25) is 5.91 Å². The fourth-order valence-electron chi connectivity index (χ4n) is 1.88. The predicted molar refractivity (Wildman–Crippen MR) is 61.5 cm³/mol. The monoisotopic (exact) mass is 220 g/mol. The zero-order valence-corrected chi connectivity index (χ0v) is 8.82. The molecule has 2 rings (SSSR count). The second-order valence-corrected chi connectivity index (χ2v) is 3.91. The van der Waals surface area contributed by atoms with E-state index in [0.29, 0.717) is 24.3 Å². The van der Waals surface area contributed by atoms with Crippen LogP contribution in [0.25, 0.3) is 0 Å². The van der Waals surface area contributed by atoms with Gasteiger partial charge in [-0.1, -0.05) is 6.08 Å². The summed E-state index contributed by atoms with van der Waals surface area (Å²) in [7, 11) is 0. The molecule has 0 spiro atoms. The summed E-state index contributed by atoms with van der Waals surface area (Å²) >= 11 is 0. The molecule has 1 aliphatic rings. The minimum absolute atomic E-state index is 0.0396. The number of benzene rings is 1. The number of hydrogen-bond donors (Lipinski definition) is 1. The van der Waals surface area contributed by atoms with Crippen molar-refractivity contribution in [2.75, 3.05) is 17.2 Å². The highest BCUT2D eigenvalue weighted by Crippen LogP contribution is 2.30. The van der Waals surface area contributed by atoms with Crippen LogP contribution in [-0.4, -0.2) is 12.5 Å². The minimum Gasteiger partial charge on any atom is -0.397 e. The van der Waals surface area contributed by atoms with Gasteiger partial charge in [0.05, 0.1) is 11.4 Å². The summed E-state index contributed by atoms with van der Waals surface area (Å²) in [5, 5.41) is 0. The van der Waals surface area contributed by atoms with Gasteiger partial charge in [-0.15, -0.1) is 6.58 Å². The Morgan fingerprint density at radius 3 is 2.94 bits per heavy atom. The van der Waals surface area contributed by atoms with Gasteiger partial charge in [0, 0.05) is 18.9 Å². The molecule has 1 saturated heterocycles. The Bertz CT molecular complexity index is 445. The number of carbonyl (C=O) groups is 1. The topological polar surface area (TPSA) is 46.3 Å². The van der Waals surface area contributed by atoms with Crippen LogP contribution in [0.2, 0.25) is 0 Å². The van der Waals surface area contributed by atoms with Crippen LogP contribution in [0.1, 0.15) is 6.42 Å². The van der Waals surface area contributed by atoms with Gasteiger partial charge in [-0.25, -0.2) is 4.39 Å². The maximum atomic E-state index is 13.1. The summed E-state index contributed by atoms with van der Waals surface area (Å²) in [5.41, 5.74) is 6.60. The van der Waals surface area contributed by atoms with Crippen molar-refractivity contribution in [3.05, 3.63) is 36.7 Å². The van der Waals surface area contributed by atoms with Gasteiger partial charge < -0.3 is 10.6 Å². The van der Waals surface area contributed by atoms with Crippen molar-refractivity contribution >= 4 is 17.3 Å². The lowest BCUT2D eigenvalue weighted by atomic mass is 10.1. The molecule has 0 aromatic heterocycles. The number of rotatable bonds is 2. The van der Waals surface area contributed by atoms with Gasteiger partial charge in [-0.05, 0) is 18.2 Å². The number of amides is 1. The maximum absolute atomic E-state index is 13.1. The summed E-state index contributed by atoms with van der Waals surface area (Å²) in [6.45, 7) is 4.18. The van der Waals surface area contributed by atoms with Gasteiger partial charge in [0.25, 0.3) is 0 Å². The summed E-state index contributed by atoms with van der Waals surface area (Å²) in [6.07, 6.45) is 2.16. The van der Waals surface area contributed by atoms with E-state index >= 15 is 0 Å². The van der Waals surface area contributed by atoms with Crippen LogP contribution in [0.4, 0.5) is 15.8 Å². The molecule has 2 N–H and O–H groups in total. The molecule has 1 aromatic carbocycles. The second kappa shape index (κ2) is 3.96. The lowest BCUT2D eigenvalue weighted by Gasteiger charge is -2.18. The highest BCUT2D eigenvalue weighted by molar-refractivity contribution is 5.98.